The second-order valence-corrected chi connectivity index (χ2v) is 51.6. The molecule has 0 aromatic carbocycles. The van der Waals surface area contributed by atoms with Crippen molar-refractivity contribution in [3.63, 3.8) is 0 Å². The van der Waals surface area contributed by atoms with E-state index in [1.165, 1.54) is 47.3 Å². The van der Waals surface area contributed by atoms with Gasteiger partial charge in [0.1, 0.15) is 0 Å². The second kappa shape index (κ2) is 7.38. The summed E-state index contributed by atoms with van der Waals surface area (Å²) in [5.74, 6) is 9.92. The summed E-state index contributed by atoms with van der Waals surface area (Å²) in [6.45, 7) is 16.8. The summed E-state index contributed by atoms with van der Waals surface area (Å²) in [5, 5.41) is 0. The second-order valence-electron chi connectivity index (χ2n) is 16.5. The fourth-order valence-corrected chi connectivity index (χ4v) is 154. The molecule has 2 aliphatic heterocycles. The first-order valence-corrected chi connectivity index (χ1v) is 29.7. The summed E-state index contributed by atoms with van der Waals surface area (Å²) in [6.07, 6.45) is 17.4. The molecular formula is C32H58Si4. The maximum absolute atomic E-state index is 2.80. The highest BCUT2D eigenvalue weighted by Gasteiger charge is 3.20. The molecule has 0 aromatic heterocycles. The molecule has 0 amide bonds. The Morgan fingerprint density at radius 3 is 0.833 bits per heavy atom. The van der Waals surface area contributed by atoms with Crippen LogP contribution < -0.4 is 0 Å². The Balaban J connectivity index is 1.44. The molecule has 2 saturated heterocycles. The van der Waals surface area contributed by atoms with Crippen LogP contribution in [0.3, 0.4) is 0 Å². The van der Waals surface area contributed by atoms with Crippen LogP contribution in [0.1, 0.15) is 106 Å². The molecule has 10 fully saturated rings. The van der Waals surface area contributed by atoms with Gasteiger partial charge >= 0.3 is 0 Å². The molecule has 0 nitrogen and oxygen atoms in total. The normalized spacial score (nSPS) is 57.2. The highest BCUT2D eigenvalue weighted by Crippen LogP contribution is 3.11. The first-order valence-electron chi connectivity index (χ1n) is 17.4. The molecule has 10 rings (SSSR count). The molecule has 8 aliphatic carbocycles. The zero-order chi connectivity index (χ0) is 24.9. The van der Waals surface area contributed by atoms with Crippen molar-refractivity contribution in [3.8, 4) is 0 Å². The number of hydrogen-bond acceptors (Lipinski definition) is 0. The van der Waals surface area contributed by atoms with E-state index < -0.39 is 29.4 Å². The van der Waals surface area contributed by atoms with Crippen molar-refractivity contribution < 1.29 is 0 Å². The fourth-order valence-electron chi connectivity index (χ4n) is 17.8. The smallest absolute Gasteiger partial charge is 0.0485 e. The van der Waals surface area contributed by atoms with Crippen molar-refractivity contribution in [2.24, 2.45) is 47.3 Å². The van der Waals surface area contributed by atoms with E-state index in [1.807, 2.05) is 0 Å². The highest BCUT2D eigenvalue weighted by molar-refractivity contribution is 8.11. The third kappa shape index (κ3) is 1.99. The largest absolute Gasteiger partial charge is 0.0680 e. The van der Waals surface area contributed by atoms with Crippen LogP contribution in [0.25, 0.3) is 0 Å². The molecule has 2 spiro atoms. The zero-order valence-corrected chi connectivity index (χ0v) is 28.9. The Morgan fingerprint density at radius 1 is 0.417 bits per heavy atom. The Kier molecular flexibility index (Phi) is 5.05. The van der Waals surface area contributed by atoms with E-state index in [-0.39, 0.29) is 0 Å². The van der Waals surface area contributed by atoms with Gasteiger partial charge in [0.25, 0.3) is 0 Å². The van der Waals surface area contributed by atoms with E-state index in [0.29, 0.717) is 0 Å². The molecule has 0 atom stereocenters. The van der Waals surface area contributed by atoms with Crippen LogP contribution in [0.15, 0.2) is 0 Å². The van der Waals surface area contributed by atoms with Crippen LogP contribution in [-0.4, -0.2) is 29.4 Å². The van der Waals surface area contributed by atoms with Crippen molar-refractivity contribution >= 4 is 29.4 Å². The van der Waals surface area contributed by atoms with Gasteiger partial charge in [0.2, 0.25) is 0 Å². The zero-order valence-electron chi connectivity index (χ0n) is 24.9. The first-order chi connectivity index (χ1) is 17.4. The van der Waals surface area contributed by atoms with Gasteiger partial charge in [-0.05, 0) is 121 Å². The minimum absolute atomic E-state index is 1.14. The van der Waals surface area contributed by atoms with Gasteiger partial charge in [-0.2, -0.15) is 0 Å². The Hall–Kier alpha value is 0.868. The highest BCUT2D eigenvalue weighted by atomic mass is 29.9. The Labute approximate surface area is 227 Å². The lowest BCUT2D eigenvalue weighted by Gasteiger charge is -2.72. The van der Waals surface area contributed by atoms with Gasteiger partial charge in [-0.3, -0.25) is 0 Å². The van der Waals surface area contributed by atoms with E-state index in [1.54, 1.807) is 100 Å². The summed E-state index contributed by atoms with van der Waals surface area (Å²) in [4.78, 5) is 0. The minimum atomic E-state index is -1.24. The summed E-state index contributed by atoms with van der Waals surface area (Å²) in [6, 6.07) is 10.4. The van der Waals surface area contributed by atoms with Crippen molar-refractivity contribution in [1.29, 1.82) is 0 Å². The third-order valence-corrected chi connectivity index (χ3v) is 90.8. The van der Waals surface area contributed by atoms with Crippen LogP contribution in [0.4, 0.5) is 0 Å². The standard InChI is InChI=1S/C32H58Si4/c1-7-33(8-2,9-3)35-31(27-15-23-13-24(17-27)18-28(31)16-23)36(35,34(10-4,11-5)12-6)32(35)29-19-25-14-26(21-29)22-30(32)20-25/h23-30H,7-22H2,1-6H3. The number of hydrogen-bond donors (Lipinski definition) is 0. The van der Waals surface area contributed by atoms with Crippen molar-refractivity contribution in [2.75, 3.05) is 0 Å². The number of rotatable bonds is 8. The maximum atomic E-state index is 2.80. The summed E-state index contributed by atoms with van der Waals surface area (Å²) >= 11 is 0. The summed E-state index contributed by atoms with van der Waals surface area (Å²) in [5.41, 5.74) is 0. The van der Waals surface area contributed by atoms with Crippen molar-refractivity contribution in [2.45, 2.75) is 151 Å². The SMILES string of the molecule is CC[Si](CC)(CC)[Si]12C3(C4CC5CC(C4)CC3C5)[Si]1([Si](CC)(CC)CC)C21C2CC3CC(C2)CC1C3. The molecule has 10 aliphatic rings. The molecule has 0 aromatic rings. The van der Waals surface area contributed by atoms with E-state index in [4.69, 9.17) is 0 Å². The Bertz CT molecular complexity index is 783. The van der Waals surface area contributed by atoms with Gasteiger partial charge in [0, 0.05) is 29.4 Å². The van der Waals surface area contributed by atoms with Crippen LogP contribution in [0.2, 0.25) is 45.6 Å². The predicted octanol–water partition coefficient (Wildman–Crippen LogP) is 9.63. The Morgan fingerprint density at radius 2 is 0.639 bits per heavy atom. The molecule has 4 heteroatoms. The predicted molar refractivity (Wildman–Crippen MR) is 165 cm³/mol. The topological polar surface area (TPSA) is 0 Å². The molecule has 202 valence electrons. The molecule has 0 unspecified atom stereocenters. The lowest BCUT2D eigenvalue weighted by molar-refractivity contribution is -0.0225. The van der Waals surface area contributed by atoms with E-state index in [2.05, 4.69) is 41.5 Å². The average molecular weight is 555 g/mol. The van der Waals surface area contributed by atoms with Crippen molar-refractivity contribution in [1.82, 2.24) is 0 Å². The summed E-state index contributed by atoms with van der Waals surface area (Å²) in [7, 11) is -4.87. The van der Waals surface area contributed by atoms with Crippen molar-refractivity contribution in [3.05, 3.63) is 0 Å². The molecule has 8 bridgehead atoms. The lowest BCUT2D eigenvalue weighted by atomic mass is 9.54. The molecule has 0 radical (unpaired) electrons. The van der Waals surface area contributed by atoms with Gasteiger partial charge in [0.05, 0.1) is 0 Å². The van der Waals surface area contributed by atoms with Gasteiger partial charge in [-0.25, -0.2) is 0 Å². The summed E-state index contributed by atoms with van der Waals surface area (Å²) < 4.78 is 2.29. The average Bonchev–Trinajstić information content (AvgIpc) is 3.69. The van der Waals surface area contributed by atoms with Gasteiger partial charge < -0.3 is 0 Å². The van der Waals surface area contributed by atoms with Gasteiger partial charge in [0.15, 0.2) is 0 Å². The molecule has 0 N–H and O–H groups in total. The molecule has 36 heavy (non-hydrogen) atoms. The van der Waals surface area contributed by atoms with Crippen LogP contribution in [0, 0.1) is 47.3 Å². The first kappa shape index (κ1) is 24.6. The van der Waals surface area contributed by atoms with Crippen LogP contribution in [-0.2, 0) is 0 Å². The van der Waals surface area contributed by atoms with Gasteiger partial charge in [-0.15, -0.1) is 0 Å². The van der Waals surface area contributed by atoms with Crippen LogP contribution in [0.5, 0.6) is 0 Å². The van der Waals surface area contributed by atoms with Crippen LogP contribution >= 0.6 is 0 Å². The fraction of sp³-hybridized carbons (Fsp3) is 1.00. The number of fused-ring (bicyclic) bond motifs is 1. The third-order valence-electron chi connectivity index (χ3n) is 17.4. The molecular weight excluding hydrogens is 497 g/mol. The minimum Gasteiger partial charge on any atom is -0.0680 e. The van der Waals surface area contributed by atoms with E-state index in [0.717, 1.165) is 9.32 Å². The monoisotopic (exact) mass is 554 g/mol. The quantitative estimate of drug-likeness (QED) is 0.262. The lowest BCUT2D eigenvalue weighted by Crippen LogP contribution is -2.69. The van der Waals surface area contributed by atoms with E-state index in [9.17, 15) is 0 Å². The molecule has 8 saturated carbocycles. The van der Waals surface area contributed by atoms with Gasteiger partial charge in [-0.1, -0.05) is 77.8 Å². The van der Waals surface area contributed by atoms with E-state index >= 15 is 0 Å². The maximum Gasteiger partial charge on any atom is 0.0485 e. The molecule has 2 heterocycles.